The molecule has 6 heteroatoms. The van der Waals surface area contributed by atoms with E-state index in [1.165, 1.54) is 6.33 Å². The average molecular weight is 256 g/mol. The number of nitrogens with two attached hydrogens (primary N) is 1. The predicted octanol–water partition coefficient (Wildman–Crippen LogP) is 1.19. The van der Waals surface area contributed by atoms with E-state index in [4.69, 9.17) is 5.73 Å². The van der Waals surface area contributed by atoms with Crippen LogP contribution in [0.3, 0.4) is 0 Å². The Balaban J connectivity index is 2.57. The molecular weight excluding hydrogens is 236 g/mol. The van der Waals surface area contributed by atoms with Gasteiger partial charge in [-0.25, -0.2) is 9.97 Å². The highest BCUT2D eigenvalue weighted by atomic mass is 32.2. The number of nitrogen functional groups attached to an aromatic ring is 1. The zero-order valence-electron chi connectivity index (χ0n) is 10.4. The van der Waals surface area contributed by atoms with Gasteiger partial charge in [-0.3, -0.25) is 4.21 Å². The molecule has 0 aliphatic carbocycles. The molecule has 3 N–H and O–H groups in total. The van der Waals surface area contributed by atoms with E-state index in [9.17, 15) is 4.21 Å². The second kappa shape index (κ2) is 7.21. The highest BCUT2D eigenvalue weighted by Crippen LogP contribution is 2.18. The van der Waals surface area contributed by atoms with Crippen LogP contribution in [0.4, 0.5) is 11.6 Å². The van der Waals surface area contributed by atoms with Crippen molar-refractivity contribution in [2.75, 3.05) is 29.6 Å². The maximum absolute atomic E-state index is 10.9. The van der Waals surface area contributed by atoms with Crippen molar-refractivity contribution in [1.82, 2.24) is 9.97 Å². The quantitative estimate of drug-likeness (QED) is 0.716. The third-order valence-corrected chi connectivity index (χ3v) is 3.24. The molecular formula is C11H20N4OS. The molecule has 1 aromatic heterocycles. The van der Waals surface area contributed by atoms with Crippen LogP contribution < -0.4 is 11.1 Å². The summed E-state index contributed by atoms with van der Waals surface area (Å²) < 4.78 is 10.9. The van der Waals surface area contributed by atoms with Crippen LogP contribution in [-0.2, 0) is 17.2 Å². The second-order valence-corrected chi connectivity index (χ2v) is 5.45. The monoisotopic (exact) mass is 256 g/mol. The largest absolute Gasteiger partial charge is 0.383 e. The average Bonchev–Trinajstić information content (AvgIpc) is 2.28. The summed E-state index contributed by atoms with van der Waals surface area (Å²) in [7, 11) is -0.734. The molecule has 0 aromatic carbocycles. The Morgan fingerprint density at radius 2 is 2.24 bits per heavy atom. The van der Waals surface area contributed by atoms with Crippen LogP contribution in [0, 0.1) is 0 Å². The van der Waals surface area contributed by atoms with Crippen molar-refractivity contribution >= 4 is 22.4 Å². The molecule has 0 fully saturated rings. The standard InChI is InChI=1S/C11H20N4OS/c1-3-5-9-10(12)14-8-15-11(9)13-6-4-7-17(2)16/h8H,3-7H2,1-2H3,(H3,12,13,14,15). The van der Waals surface area contributed by atoms with Gasteiger partial charge in [0, 0.05) is 34.9 Å². The SMILES string of the molecule is CCCc1c(N)ncnc1NCCCS(C)=O. The van der Waals surface area contributed by atoms with Crippen molar-refractivity contribution in [3.63, 3.8) is 0 Å². The molecule has 17 heavy (non-hydrogen) atoms. The summed E-state index contributed by atoms with van der Waals surface area (Å²) in [5.41, 5.74) is 6.80. The lowest BCUT2D eigenvalue weighted by molar-refractivity contribution is 0.685. The summed E-state index contributed by atoms with van der Waals surface area (Å²) in [5, 5.41) is 3.23. The lowest BCUT2D eigenvalue weighted by Crippen LogP contribution is -2.11. The minimum Gasteiger partial charge on any atom is -0.383 e. The summed E-state index contributed by atoms with van der Waals surface area (Å²) in [6.07, 6.45) is 5.92. The van der Waals surface area contributed by atoms with Crippen molar-refractivity contribution < 1.29 is 4.21 Å². The smallest absolute Gasteiger partial charge is 0.134 e. The van der Waals surface area contributed by atoms with E-state index >= 15 is 0 Å². The number of nitrogens with zero attached hydrogens (tertiary/aromatic N) is 2. The zero-order valence-corrected chi connectivity index (χ0v) is 11.2. The van der Waals surface area contributed by atoms with Crippen LogP contribution in [-0.4, -0.2) is 32.7 Å². The molecule has 0 aliphatic heterocycles. The summed E-state index contributed by atoms with van der Waals surface area (Å²) >= 11 is 0. The minimum atomic E-state index is -0.734. The molecule has 5 nitrogen and oxygen atoms in total. The molecule has 0 bridgehead atoms. The van der Waals surface area contributed by atoms with E-state index in [0.717, 1.165) is 37.2 Å². The molecule has 1 unspecified atom stereocenters. The molecule has 1 atom stereocenters. The van der Waals surface area contributed by atoms with Gasteiger partial charge >= 0.3 is 0 Å². The summed E-state index contributed by atoms with van der Waals surface area (Å²) in [6, 6.07) is 0. The number of hydrogen-bond acceptors (Lipinski definition) is 5. The first kappa shape index (κ1) is 13.9. The topological polar surface area (TPSA) is 80.9 Å². The molecule has 0 amide bonds. The molecule has 1 heterocycles. The summed E-state index contributed by atoms with van der Waals surface area (Å²) in [6.45, 7) is 2.85. The van der Waals surface area contributed by atoms with Crippen molar-refractivity contribution in [3.05, 3.63) is 11.9 Å². The van der Waals surface area contributed by atoms with Crippen LogP contribution in [0.5, 0.6) is 0 Å². The molecule has 1 rings (SSSR count). The first-order chi connectivity index (χ1) is 8.15. The Kier molecular flexibility index (Phi) is 5.90. The van der Waals surface area contributed by atoms with Gasteiger partial charge < -0.3 is 11.1 Å². The highest BCUT2D eigenvalue weighted by molar-refractivity contribution is 7.84. The van der Waals surface area contributed by atoms with Gasteiger partial charge in [0.15, 0.2) is 0 Å². The third-order valence-electron chi connectivity index (χ3n) is 2.38. The van der Waals surface area contributed by atoms with E-state index in [1.54, 1.807) is 6.26 Å². The first-order valence-corrected chi connectivity index (χ1v) is 7.51. The van der Waals surface area contributed by atoms with E-state index in [1.807, 2.05) is 0 Å². The maximum Gasteiger partial charge on any atom is 0.134 e. The molecule has 0 aliphatic rings. The van der Waals surface area contributed by atoms with Crippen molar-refractivity contribution in [2.45, 2.75) is 26.2 Å². The van der Waals surface area contributed by atoms with E-state index in [-0.39, 0.29) is 0 Å². The van der Waals surface area contributed by atoms with Gasteiger partial charge in [-0.05, 0) is 12.8 Å². The van der Waals surface area contributed by atoms with Gasteiger partial charge in [0.1, 0.15) is 18.0 Å². The summed E-state index contributed by atoms with van der Waals surface area (Å²) in [5.74, 6) is 2.06. The number of rotatable bonds is 7. The van der Waals surface area contributed by atoms with E-state index < -0.39 is 10.8 Å². The summed E-state index contributed by atoms with van der Waals surface area (Å²) in [4.78, 5) is 8.19. The number of aromatic nitrogens is 2. The second-order valence-electron chi connectivity index (χ2n) is 3.89. The first-order valence-electron chi connectivity index (χ1n) is 5.78. The molecule has 96 valence electrons. The van der Waals surface area contributed by atoms with Crippen LogP contribution >= 0.6 is 0 Å². The van der Waals surface area contributed by atoms with Crippen LogP contribution in [0.15, 0.2) is 6.33 Å². The van der Waals surface area contributed by atoms with Crippen LogP contribution in [0.1, 0.15) is 25.3 Å². The minimum absolute atomic E-state index is 0.545. The fraction of sp³-hybridized carbons (Fsp3) is 0.636. The van der Waals surface area contributed by atoms with E-state index in [0.29, 0.717) is 11.6 Å². The molecule has 0 spiro atoms. The van der Waals surface area contributed by atoms with E-state index in [2.05, 4.69) is 22.2 Å². The van der Waals surface area contributed by atoms with Gasteiger partial charge in [-0.15, -0.1) is 0 Å². The molecule has 0 radical (unpaired) electrons. The Hall–Kier alpha value is -1.17. The number of anilines is 2. The van der Waals surface area contributed by atoms with Gasteiger partial charge in [0.2, 0.25) is 0 Å². The van der Waals surface area contributed by atoms with Crippen molar-refractivity contribution in [2.24, 2.45) is 0 Å². The molecule has 0 saturated heterocycles. The Labute approximate surface area is 105 Å². The van der Waals surface area contributed by atoms with Gasteiger partial charge in [-0.1, -0.05) is 13.3 Å². The maximum atomic E-state index is 10.9. The fourth-order valence-corrected chi connectivity index (χ4v) is 2.11. The lowest BCUT2D eigenvalue weighted by atomic mass is 10.1. The number of hydrogen-bond donors (Lipinski definition) is 2. The third kappa shape index (κ3) is 4.68. The van der Waals surface area contributed by atoms with Crippen molar-refractivity contribution in [3.8, 4) is 0 Å². The molecule has 1 aromatic rings. The Bertz CT molecular complexity index is 384. The van der Waals surface area contributed by atoms with Crippen LogP contribution in [0.2, 0.25) is 0 Å². The normalized spacial score (nSPS) is 12.4. The predicted molar refractivity (Wildman–Crippen MR) is 72.5 cm³/mol. The highest BCUT2D eigenvalue weighted by Gasteiger charge is 2.07. The Morgan fingerprint density at radius 1 is 1.47 bits per heavy atom. The van der Waals surface area contributed by atoms with Gasteiger partial charge in [0.25, 0.3) is 0 Å². The van der Waals surface area contributed by atoms with Crippen molar-refractivity contribution in [1.29, 1.82) is 0 Å². The van der Waals surface area contributed by atoms with Crippen LogP contribution in [0.25, 0.3) is 0 Å². The Morgan fingerprint density at radius 3 is 2.88 bits per heavy atom. The molecule has 0 saturated carbocycles. The fourth-order valence-electron chi connectivity index (χ4n) is 1.56. The van der Waals surface area contributed by atoms with Gasteiger partial charge in [0.05, 0.1) is 0 Å². The zero-order chi connectivity index (χ0) is 12.7. The lowest BCUT2D eigenvalue weighted by Gasteiger charge is -2.11. The van der Waals surface area contributed by atoms with Gasteiger partial charge in [-0.2, -0.15) is 0 Å². The number of nitrogens with one attached hydrogen (secondary N) is 1.